The summed E-state index contributed by atoms with van der Waals surface area (Å²) in [6.45, 7) is 6.14. The van der Waals surface area contributed by atoms with Crippen molar-refractivity contribution < 1.29 is 4.79 Å². The van der Waals surface area contributed by atoms with Crippen molar-refractivity contribution in [3.8, 4) is 0 Å². The lowest BCUT2D eigenvalue weighted by atomic mass is 9.90. The SMILES string of the molecule is Cc1cncnc1C1CCN(C(=O)[C@H](C)Cn2cncn2)CC1. The highest BCUT2D eigenvalue weighted by Crippen LogP contribution is 2.28. The predicted molar refractivity (Wildman–Crippen MR) is 84.5 cm³/mol. The third-order valence-electron chi connectivity index (χ3n) is 4.48. The number of likely N-dealkylation sites (tertiary alicyclic amines) is 1. The van der Waals surface area contributed by atoms with E-state index in [1.165, 1.54) is 6.33 Å². The van der Waals surface area contributed by atoms with Crippen LogP contribution in [0, 0.1) is 12.8 Å². The first-order valence-corrected chi connectivity index (χ1v) is 8.03. The van der Waals surface area contributed by atoms with Crippen molar-refractivity contribution in [1.82, 2.24) is 29.6 Å². The molecule has 0 saturated carbocycles. The molecule has 2 aromatic rings. The standard InChI is InChI=1S/C16H22N6O/c1-12-7-17-9-19-15(12)14-3-5-21(6-4-14)16(23)13(2)8-22-11-18-10-20-22/h7,9-11,13-14H,3-6,8H2,1-2H3/t13-/m1/s1. The highest BCUT2D eigenvalue weighted by molar-refractivity contribution is 5.78. The van der Waals surface area contributed by atoms with Crippen LogP contribution in [0.15, 0.2) is 25.2 Å². The van der Waals surface area contributed by atoms with E-state index in [4.69, 9.17) is 0 Å². The average molecular weight is 314 g/mol. The van der Waals surface area contributed by atoms with E-state index in [-0.39, 0.29) is 11.8 Å². The first-order chi connectivity index (χ1) is 11.1. The van der Waals surface area contributed by atoms with Gasteiger partial charge in [-0.3, -0.25) is 9.48 Å². The summed E-state index contributed by atoms with van der Waals surface area (Å²) >= 11 is 0. The van der Waals surface area contributed by atoms with Crippen LogP contribution in [0.5, 0.6) is 0 Å². The molecule has 1 amide bonds. The molecule has 2 aromatic heterocycles. The van der Waals surface area contributed by atoms with Gasteiger partial charge in [-0.25, -0.2) is 15.0 Å². The molecule has 1 atom stereocenters. The molecule has 0 aliphatic carbocycles. The number of aromatic nitrogens is 5. The first-order valence-electron chi connectivity index (χ1n) is 8.03. The predicted octanol–water partition coefficient (Wildman–Crippen LogP) is 1.42. The smallest absolute Gasteiger partial charge is 0.227 e. The number of hydrogen-bond acceptors (Lipinski definition) is 5. The summed E-state index contributed by atoms with van der Waals surface area (Å²) in [6.07, 6.45) is 8.53. The van der Waals surface area contributed by atoms with E-state index >= 15 is 0 Å². The molecule has 23 heavy (non-hydrogen) atoms. The van der Waals surface area contributed by atoms with Gasteiger partial charge in [0.25, 0.3) is 0 Å². The van der Waals surface area contributed by atoms with Crippen molar-refractivity contribution >= 4 is 5.91 Å². The molecule has 3 heterocycles. The number of rotatable bonds is 4. The Bertz CT molecular complexity index is 648. The molecule has 0 N–H and O–H groups in total. The molecule has 0 aromatic carbocycles. The minimum absolute atomic E-state index is 0.0889. The number of nitrogens with zero attached hydrogens (tertiary/aromatic N) is 6. The Kier molecular flexibility index (Phi) is 4.64. The molecule has 1 fully saturated rings. The third-order valence-corrected chi connectivity index (χ3v) is 4.48. The van der Waals surface area contributed by atoms with Crippen LogP contribution in [0.25, 0.3) is 0 Å². The van der Waals surface area contributed by atoms with Gasteiger partial charge in [-0.05, 0) is 25.3 Å². The highest BCUT2D eigenvalue weighted by atomic mass is 16.2. The van der Waals surface area contributed by atoms with E-state index in [1.54, 1.807) is 17.3 Å². The van der Waals surface area contributed by atoms with E-state index in [1.807, 2.05) is 24.9 Å². The summed E-state index contributed by atoms with van der Waals surface area (Å²) in [5.41, 5.74) is 2.26. The van der Waals surface area contributed by atoms with E-state index < -0.39 is 0 Å². The maximum atomic E-state index is 12.6. The number of carbonyl (C=O) groups is 1. The van der Waals surface area contributed by atoms with Crippen LogP contribution in [0.2, 0.25) is 0 Å². The fourth-order valence-corrected chi connectivity index (χ4v) is 3.21. The maximum absolute atomic E-state index is 12.6. The monoisotopic (exact) mass is 314 g/mol. The van der Waals surface area contributed by atoms with Gasteiger partial charge in [0.05, 0.1) is 12.5 Å². The summed E-state index contributed by atoms with van der Waals surface area (Å²) in [7, 11) is 0. The Morgan fingerprint density at radius 2 is 2.09 bits per heavy atom. The van der Waals surface area contributed by atoms with Gasteiger partial charge >= 0.3 is 0 Å². The zero-order chi connectivity index (χ0) is 16.2. The molecule has 0 spiro atoms. The Labute approximate surface area is 135 Å². The van der Waals surface area contributed by atoms with Crippen molar-refractivity contribution in [2.45, 2.75) is 39.2 Å². The molecule has 1 saturated heterocycles. The second kappa shape index (κ2) is 6.85. The number of carbonyl (C=O) groups excluding carboxylic acids is 1. The number of amides is 1. The zero-order valence-electron chi connectivity index (χ0n) is 13.6. The van der Waals surface area contributed by atoms with Gasteiger partial charge < -0.3 is 4.90 Å². The molecule has 122 valence electrons. The van der Waals surface area contributed by atoms with E-state index in [2.05, 4.69) is 20.1 Å². The van der Waals surface area contributed by atoms with Crippen LogP contribution < -0.4 is 0 Å². The minimum Gasteiger partial charge on any atom is -0.342 e. The first kappa shape index (κ1) is 15.6. The van der Waals surface area contributed by atoms with Crippen LogP contribution >= 0.6 is 0 Å². The maximum Gasteiger partial charge on any atom is 0.227 e. The van der Waals surface area contributed by atoms with Gasteiger partial charge in [-0.1, -0.05) is 6.92 Å². The molecule has 7 heteroatoms. The van der Waals surface area contributed by atoms with E-state index in [9.17, 15) is 4.79 Å². The molecule has 0 bridgehead atoms. The number of hydrogen-bond donors (Lipinski definition) is 0. The van der Waals surface area contributed by atoms with Crippen LogP contribution in [0.1, 0.15) is 36.9 Å². The van der Waals surface area contributed by atoms with Crippen molar-refractivity contribution in [2.75, 3.05) is 13.1 Å². The van der Waals surface area contributed by atoms with Gasteiger partial charge in [0.2, 0.25) is 5.91 Å². The summed E-state index contributed by atoms with van der Waals surface area (Å²) < 4.78 is 1.71. The molecule has 0 unspecified atom stereocenters. The highest BCUT2D eigenvalue weighted by Gasteiger charge is 2.28. The Balaban J connectivity index is 1.56. The second-order valence-corrected chi connectivity index (χ2v) is 6.21. The molecule has 3 rings (SSSR count). The molecule has 1 aliphatic heterocycles. The van der Waals surface area contributed by atoms with Crippen LogP contribution in [-0.2, 0) is 11.3 Å². The van der Waals surface area contributed by atoms with Gasteiger partial charge in [-0.2, -0.15) is 5.10 Å². The normalized spacial score (nSPS) is 17.2. The molecule has 0 radical (unpaired) electrons. The molecular formula is C16H22N6O. The van der Waals surface area contributed by atoms with E-state index in [0.717, 1.165) is 37.2 Å². The van der Waals surface area contributed by atoms with Crippen LogP contribution in [0.3, 0.4) is 0 Å². The van der Waals surface area contributed by atoms with Gasteiger partial charge in [0, 0.05) is 30.9 Å². The third kappa shape index (κ3) is 3.55. The molecular weight excluding hydrogens is 292 g/mol. The van der Waals surface area contributed by atoms with Crippen molar-refractivity contribution in [1.29, 1.82) is 0 Å². The zero-order valence-corrected chi connectivity index (χ0v) is 13.6. The van der Waals surface area contributed by atoms with Crippen molar-refractivity contribution in [2.24, 2.45) is 5.92 Å². The van der Waals surface area contributed by atoms with Gasteiger partial charge in [0.1, 0.15) is 19.0 Å². The van der Waals surface area contributed by atoms with Crippen molar-refractivity contribution in [3.63, 3.8) is 0 Å². The largest absolute Gasteiger partial charge is 0.342 e. The fraction of sp³-hybridized carbons (Fsp3) is 0.562. The van der Waals surface area contributed by atoms with Gasteiger partial charge in [0.15, 0.2) is 0 Å². The van der Waals surface area contributed by atoms with Gasteiger partial charge in [-0.15, -0.1) is 0 Å². The quantitative estimate of drug-likeness (QED) is 0.853. The molecule has 1 aliphatic rings. The summed E-state index contributed by atoms with van der Waals surface area (Å²) in [6, 6.07) is 0. The lowest BCUT2D eigenvalue weighted by molar-refractivity contribution is -0.136. The summed E-state index contributed by atoms with van der Waals surface area (Å²) in [5.74, 6) is 0.528. The average Bonchev–Trinajstić information content (AvgIpc) is 3.08. The van der Waals surface area contributed by atoms with E-state index in [0.29, 0.717) is 12.5 Å². The Morgan fingerprint density at radius 3 is 2.74 bits per heavy atom. The second-order valence-electron chi connectivity index (χ2n) is 6.21. The summed E-state index contributed by atoms with van der Waals surface area (Å²) in [4.78, 5) is 26.9. The number of aryl methyl sites for hydroxylation is 1. The lowest BCUT2D eigenvalue weighted by Gasteiger charge is -2.33. The number of piperidine rings is 1. The Hall–Kier alpha value is -2.31. The summed E-state index contributed by atoms with van der Waals surface area (Å²) in [5, 5.41) is 4.07. The molecule has 7 nitrogen and oxygen atoms in total. The topological polar surface area (TPSA) is 76.8 Å². The van der Waals surface area contributed by atoms with Crippen LogP contribution in [0.4, 0.5) is 0 Å². The van der Waals surface area contributed by atoms with Crippen molar-refractivity contribution in [3.05, 3.63) is 36.4 Å². The van der Waals surface area contributed by atoms with Crippen LogP contribution in [-0.4, -0.2) is 48.6 Å². The minimum atomic E-state index is -0.0889. The Morgan fingerprint density at radius 1 is 1.30 bits per heavy atom. The lowest BCUT2D eigenvalue weighted by Crippen LogP contribution is -2.41. The fourth-order valence-electron chi connectivity index (χ4n) is 3.21.